The molecule has 0 aliphatic rings. The Morgan fingerprint density at radius 1 is 1.37 bits per heavy atom. The summed E-state index contributed by atoms with van der Waals surface area (Å²) in [4.78, 5) is 11.9. The number of methoxy groups -OCH3 is 1. The molecule has 0 bridgehead atoms. The second kappa shape index (κ2) is 8.19. The highest BCUT2D eigenvalue weighted by Crippen LogP contribution is 2.27. The predicted molar refractivity (Wildman–Crippen MR) is 75.9 cm³/mol. The van der Waals surface area contributed by atoms with Gasteiger partial charge in [-0.1, -0.05) is 12.2 Å². The number of hydrogen-bond donors (Lipinski definition) is 1. The van der Waals surface area contributed by atoms with Crippen LogP contribution in [0.3, 0.4) is 0 Å². The summed E-state index contributed by atoms with van der Waals surface area (Å²) in [5, 5.41) is 2.85. The van der Waals surface area contributed by atoms with Gasteiger partial charge < -0.3 is 14.8 Å². The zero-order chi connectivity index (χ0) is 14.1. The third-order valence-electron chi connectivity index (χ3n) is 2.56. The van der Waals surface area contributed by atoms with Gasteiger partial charge in [0.2, 0.25) is 0 Å². The maximum absolute atomic E-state index is 11.9. The molecule has 0 spiro atoms. The monoisotopic (exact) mass is 263 g/mol. The first-order valence-corrected chi connectivity index (χ1v) is 6.43. The molecule has 104 valence electrons. The molecular formula is C15H21NO3. The van der Waals surface area contributed by atoms with Crippen LogP contribution in [0.25, 0.3) is 0 Å². The lowest BCUT2D eigenvalue weighted by Gasteiger charge is -2.11. The molecule has 4 heteroatoms. The normalized spacial score (nSPS) is 10.5. The van der Waals surface area contributed by atoms with Crippen molar-refractivity contribution in [3.8, 4) is 11.5 Å². The zero-order valence-corrected chi connectivity index (χ0v) is 11.7. The molecule has 0 unspecified atom stereocenters. The number of rotatable bonds is 7. The van der Waals surface area contributed by atoms with Crippen molar-refractivity contribution in [2.24, 2.45) is 0 Å². The quantitative estimate of drug-likeness (QED) is 0.608. The van der Waals surface area contributed by atoms with E-state index in [4.69, 9.17) is 9.47 Å². The summed E-state index contributed by atoms with van der Waals surface area (Å²) in [6.45, 7) is 5.00. The lowest BCUT2D eigenvalue weighted by atomic mass is 10.2. The van der Waals surface area contributed by atoms with E-state index in [2.05, 4.69) is 5.32 Å². The van der Waals surface area contributed by atoms with E-state index in [9.17, 15) is 4.79 Å². The molecule has 1 amide bonds. The Bertz CT molecular complexity index is 441. The van der Waals surface area contributed by atoms with Crippen LogP contribution in [0.15, 0.2) is 30.4 Å². The Hall–Kier alpha value is -1.97. The Labute approximate surface area is 114 Å². The molecule has 0 atom stereocenters. The van der Waals surface area contributed by atoms with Gasteiger partial charge in [-0.15, -0.1) is 0 Å². The third kappa shape index (κ3) is 4.66. The van der Waals surface area contributed by atoms with Gasteiger partial charge in [0, 0.05) is 12.1 Å². The van der Waals surface area contributed by atoms with Crippen molar-refractivity contribution in [3.05, 3.63) is 35.9 Å². The highest BCUT2D eigenvalue weighted by Gasteiger charge is 2.10. The van der Waals surface area contributed by atoms with Gasteiger partial charge >= 0.3 is 0 Å². The zero-order valence-electron chi connectivity index (χ0n) is 11.7. The van der Waals surface area contributed by atoms with E-state index >= 15 is 0 Å². The van der Waals surface area contributed by atoms with Crippen LogP contribution >= 0.6 is 0 Å². The molecule has 0 saturated heterocycles. The molecule has 0 aliphatic heterocycles. The predicted octanol–water partition coefficient (Wildman–Crippen LogP) is 2.79. The van der Waals surface area contributed by atoms with Crippen LogP contribution in [0, 0.1) is 0 Å². The second-order valence-electron chi connectivity index (χ2n) is 3.91. The van der Waals surface area contributed by atoms with E-state index < -0.39 is 0 Å². The molecule has 1 rings (SSSR count). The topological polar surface area (TPSA) is 47.6 Å². The van der Waals surface area contributed by atoms with Gasteiger partial charge in [0.1, 0.15) is 0 Å². The van der Waals surface area contributed by atoms with Crippen LogP contribution in [0.4, 0.5) is 0 Å². The number of carbonyl (C=O) groups is 1. The maximum Gasteiger partial charge on any atom is 0.251 e. The molecule has 0 aromatic heterocycles. The lowest BCUT2D eigenvalue weighted by molar-refractivity contribution is 0.0954. The van der Waals surface area contributed by atoms with Gasteiger partial charge in [0.05, 0.1) is 13.7 Å². The summed E-state index contributed by atoms with van der Waals surface area (Å²) in [5.74, 6) is 1.12. The van der Waals surface area contributed by atoms with Crippen molar-refractivity contribution in [3.63, 3.8) is 0 Å². The minimum Gasteiger partial charge on any atom is -0.493 e. The standard InChI is InChI=1S/C15H21NO3/c1-4-6-7-10-16-15(17)12-8-9-13(18-3)14(11-12)19-5-2/h4,6,8-9,11H,5,7,10H2,1-3H3,(H,16,17)/b6-4+. The molecule has 1 N–H and O–H groups in total. The van der Waals surface area contributed by atoms with Crippen LogP contribution in [-0.4, -0.2) is 26.2 Å². The van der Waals surface area contributed by atoms with Crippen molar-refractivity contribution in [1.29, 1.82) is 0 Å². The largest absolute Gasteiger partial charge is 0.493 e. The summed E-state index contributed by atoms with van der Waals surface area (Å²) in [5.41, 5.74) is 0.574. The molecule has 0 fully saturated rings. The minimum absolute atomic E-state index is 0.104. The Morgan fingerprint density at radius 3 is 2.79 bits per heavy atom. The van der Waals surface area contributed by atoms with Crippen LogP contribution in [-0.2, 0) is 0 Å². The molecule has 0 aliphatic carbocycles. The molecule has 1 aromatic carbocycles. The first kappa shape index (κ1) is 15.1. The number of carbonyl (C=O) groups excluding carboxylic acids is 1. The molecule has 0 radical (unpaired) electrons. The Morgan fingerprint density at radius 2 is 2.16 bits per heavy atom. The highest BCUT2D eigenvalue weighted by atomic mass is 16.5. The average molecular weight is 263 g/mol. The molecule has 0 heterocycles. The smallest absolute Gasteiger partial charge is 0.251 e. The average Bonchev–Trinajstić information content (AvgIpc) is 2.43. The van der Waals surface area contributed by atoms with Gasteiger partial charge in [-0.05, 0) is 38.5 Å². The van der Waals surface area contributed by atoms with Crippen molar-refractivity contribution in [2.75, 3.05) is 20.3 Å². The summed E-state index contributed by atoms with van der Waals surface area (Å²) < 4.78 is 10.6. The summed E-state index contributed by atoms with van der Waals surface area (Å²) in [7, 11) is 1.58. The van der Waals surface area contributed by atoms with Gasteiger partial charge in [-0.3, -0.25) is 4.79 Å². The third-order valence-corrected chi connectivity index (χ3v) is 2.56. The summed E-state index contributed by atoms with van der Waals surface area (Å²) >= 11 is 0. The van der Waals surface area contributed by atoms with Crippen LogP contribution in [0.2, 0.25) is 0 Å². The lowest BCUT2D eigenvalue weighted by Crippen LogP contribution is -2.24. The van der Waals surface area contributed by atoms with E-state index in [1.165, 1.54) is 0 Å². The number of benzene rings is 1. The molecule has 19 heavy (non-hydrogen) atoms. The number of allylic oxidation sites excluding steroid dienone is 1. The van der Waals surface area contributed by atoms with Gasteiger partial charge in [-0.2, -0.15) is 0 Å². The second-order valence-corrected chi connectivity index (χ2v) is 3.91. The Balaban J connectivity index is 2.71. The highest BCUT2D eigenvalue weighted by molar-refractivity contribution is 5.94. The van der Waals surface area contributed by atoms with Crippen molar-refractivity contribution < 1.29 is 14.3 Å². The first-order chi connectivity index (χ1) is 9.22. The first-order valence-electron chi connectivity index (χ1n) is 6.43. The fourth-order valence-corrected chi connectivity index (χ4v) is 1.62. The van der Waals surface area contributed by atoms with Gasteiger partial charge in [0.15, 0.2) is 11.5 Å². The number of amides is 1. The van der Waals surface area contributed by atoms with E-state index in [0.717, 1.165) is 6.42 Å². The van der Waals surface area contributed by atoms with Crippen LogP contribution in [0.1, 0.15) is 30.6 Å². The van der Waals surface area contributed by atoms with E-state index in [0.29, 0.717) is 30.2 Å². The minimum atomic E-state index is -0.104. The van der Waals surface area contributed by atoms with E-state index in [-0.39, 0.29) is 5.91 Å². The van der Waals surface area contributed by atoms with E-state index in [1.54, 1.807) is 25.3 Å². The van der Waals surface area contributed by atoms with Crippen LogP contribution < -0.4 is 14.8 Å². The summed E-state index contributed by atoms with van der Waals surface area (Å²) in [6, 6.07) is 5.17. The SMILES string of the molecule is C/C=C/CCNC(=O)c1ccc(OC)c(OCC)c1. The fraction of sp³-hybridized carbons (Fsp3) is 0.400. The Kier molecular flexibility index (Phi) is 6.50. The number of hydrogen-bond acceptors (Lipinski definition) is 3. The van der Waals surface area contributed by atoms with Crippen molar-refractivity contribution in [2.45, 2.75) is 20.3 Å². The van der Waals surface area contributed by atoms with Crippen molar-refractivity contribution in [1.82, 2.24) is 5.32 Å². The van der Waals surface area contributed by atoms with E-state index in [1.807, 2.05) is 26.0 Å². The molecule has 0 saturated carbocycles. The van der Waals surface area contributed by atoms with Crippen molar-refractivity contribution >= 4 is 5.91 Å². The molecule has 4 nitrogen and oxygen atoms in total. The fourth-order valence-electron chi connectivity index (χ4n) is 1.62. The number of nitrogens with one attached hydrogen (secondary N) is 1. The van der Waals surface area contributed by atoms with Gasteiger partial charge in [-0.25, -0.2) is 0 Å². The van der Waals surface area contributed by atoms with Crippen LogP contribution in [0.5, 0.6) is 11.5 Å². The summed E-state index contributed by atoms with van der Waals surface area (Å²) in [6.07, 6.45) is 4.81. The van der Waals surface area contributed by atoms with Gasteiger partial charge in [0.25, 0.3) is 5.91 Å². The molecule has 1 aromatic rings. The maximum atomic E-state index is 11.9. The molecular weight excluding hydrogens is 242 g/mol. The number of ether oxygens (including phenoxy) is 2.